The van der Waals surface area contributed by atoms with E-state index in [0.717, 1.165) is 31.7 Å². The van der Waals surface area contributed by atoms with Crippen LogP contribution in [0.15, 0.2) is 0 Å². The van der Waals surface area contributed by atoms with Crippen molar-refractivity contribution in [3.8, 4) is 0 Å². The van der Waals surface area contributed by atoms with Gasteiger partial charge in [-0.1, -0.05) is 27.7 Å². The molecule has 2 unspecified atom stereocenters. The molecule has 1 amide bonds. The summed E-state index contributed by atoms with van der Waals surface area (Å²) < 4.78 is 0. The molecule has 1 N–H and O–H groups in total. The van der Waals surface area contributed by atoms with Crippen molar-refractivity contribution in [2.75, 3.05) is 13.2 Å². The van der Waals surface area contributed by atoms with Gasteiger partial charge in [-0.2, -0.15) is 0 Å². The molecular weight excluding hydrogens is 250 g/mol. The lowest BCUT2D eigenvalue weighted by atomic mass is 9.69. The molecule has 1 aliphatic heterocycles. The van der Waals surface area contributed by atoms with E-state index in [-0.39, 0.29) is 18.6 Å². The molecule has 3 nitrogen and oxygen atoms in total. The SMILES string of the molecule is CC1CCN(C(=O)C2CCC(C(C)(C)C)CC2)C1CO. The number of nitrogens with zero attached hydrogens (tertiary/aromatic N) is 1. The third-order valence-electron chi connectivity index (χ3n) is 5.65. The fourth-order valence-electron chi connectivity index (χ4n) is 4.00. The number of aliphatic hydroxyl groups is 1. The van der Waals surface area contributed by atoms with Crippen molar-refractivity contribution in [2.45, 2.75) is 65.8 Å². The number of hydrogen-bond acceptors (Lipinski definition) is 2. The molecule has 0 aromatic heterocycles. The van der Waals surface area contributed by atoms with E-state index >= 15 is 0 Å². The Hall–Kier alpha value is -0.570. The summed E-state index contributed by atoms with van der Waals surface area (Å²) in [7, 11) is 0. The fraction of sp³-hybridized carbons (Fsp3) is 0.941. The van der Waals surface area contributed by atoms with Crippen molar-refractivity contribution >= 4 is 5.91 Å². The minimum absolute atomic E-state index is 0.0582. The van der Waals surface area contributed by atoms with E-state index in [9.17, 15) is 9.90 Å². The molecule has 0 spiro atoms. The normalized spacial score (nSPS) is 35.4. The first-order valence-electron chi connectivity index (χ1n) is 8.26. The number of amides is 1. The summed E-state index contributed by atoms with van der Waals surface area (Å²) in [5.74, 6) is 1.70. The van der Waals surface area contributed by atoms with Gasteiger partial charge in [0.05, 0.1) is 12.6 Å². The molecule has 0 aromatic rings. The van der Waals surface area contributed by atoms with Crippen LogP contribution in [0.25, 0.3) is 0 Å². The summed E-state index contributed by atoms with van der Waals surface area (Å²) in [6.45, 7) is 10.0. The van der Waals surface area contributed by atoms with Gasteiger partial charge in [-0.3, -0.25) is 4.79 Å². The second kappa shape index (κ2) is 6.05. The maximum atomic E-state index is 12.7. The molecule has 0 aromatic carbocycles. The summed E-state index contributed by atoms with van der Waals surface area (Å²) in [5, 5.41) is 9.51. The molecule has 2 aliphatic rings. The van der Waals surface area contributed by atoms with E-state index in [4.69, 9.17) is 0 Å². The Kier molecular flexibility index (Phi) is 4.78. The van der Waals surface area contributed by atoms with Gasteiger partial charge in [0.25, 0.3) is 0 Å². The highest BCUT2D eigenvalue weighted by Crippen LogP contribution is 2.41. The summed E-state index contributed by atoms with van der Waals surface area (Å²) in [4.78, 5) is 14.7. The van der Waals surface area contributed by atoms with E-state index in [2.05, 4.69) is 27.7 Å². The lowest BCUT2D eigenvalue weighted by molar-refractivity contribution is -0.139. The predicted molar refractivity (Wildman–Crippen MR) is 81.3 cm³/mol. The van der Waals surface area contributed by atoms with Crippen LogP contribution >= 0.6 is 0 Å². The van der Waals surface area contributed by atoms with Crippen molar-refractivity contribution < 1.29 is 9.90 Å². The topological polar surface area (TPSA) is 40.5 Å². The Morgan fingerprint density at radius 3 is 2.25 bits per heavy atom. The molecule has 3 heteroatoms. The maximum absolute atomic E-state index is 12.7. The zero-order valence-corrected chi connectivity index (χ0v) is 13.6. The monoisotopic (exact) mass is 281 g/mol. The number of hydrogen-bond donors (Lipinski definition) is 1. The molecule has 1 saturated heterocycles. The Morgan fingerprint density at radius 1 is 1.15 bits per heavy atom. The molecule has 20 heavy (non-hydrogen) atoms. The van der Waals surface area contributed by atoms with Crippen molar-refractivity contribution in [2.24, 2.45) is 23.2 Å². The van der Waals surface area contributed by atoms with Crippen LogP contribution in [0.3, 0.4) is 0 Å². The van der Waals surface area contributed by atoms with E-state index in [1.807, 2.05) is 4.90 Å². The Bertz CT molecular complexity index is 339. The second-order valence-corrected chi connectivity index (χ2v) is 7.96. The molecular formula is C17H31NO2. The van der Waals surface area contributed by atoms with Crippen LogP contribution in [0.1, 0.15) is 59.8 Å². The van der Waals surface area contributed by atoms with Crippen LogP contribution in [0.5, 0.6) is 0 Å². The standard InChI is InChI=1S/C17H31NO2/c1-12-9-10-18(15(12)11-19)16(20)13-5-7-14(8-6-13)17(2,3)4/h12-15,19H,5-11H2,1-4H3. The van der Waals surface area contributed by atoms with Gasteiger partial charge in [-0.15, -0.1) is 0 Å². The second-order valence-electron chi connectivity index (χ2n) is 7.96. The van der Waals surface area contributed by atoms with E-state index < -0.39 is 0 Å². The minimum atomic E-state index is 0.0582. The lowest BCUT2D eigenvalue weighted by Gasteiger charge is -2.38. The smallest absolute Gasteiger partial charge is 0.226 e. The van der Waals surface area contributed by atoms with Gasteiger partial charge in [0, 0.05) is 12.5 Å². The molecule has 1 heterocycles. The van der Waals surface area contributed by atoms with Gasteiger partial charge >= 0.3 is 0 Å². The van der Waals surface area contributed by atoms with E-state index in [1.165, 1.54) is 12.8 Å². The van der Waals surface area contributed by atoms with Crippen LogP contribution in [-0.4, -0.2) is 35.1 Å². The number of rotatable bonds is 2. The van der Waals surface area contributed by atoms with Crippen molar-refractivity contribution in [1.29, 1.82) is 0 Å². The van der Waals surface area contributed by atoms with Crippen LogP contribution in [0.2, 0.25) is 0 Å². The van der Waals surface area contributed by atoms with Crippen molar-refractivity contribution in [3.05, 3.63) is 0 Å². The summed E-state index contributed by atoms with van der Waals surface area (Å²) in [6, 6.07) is 0.0582. The summed E-state index contributed by atoms with van der Waals surface area (Å²) in [6.07, 6.45) is 5.45. The largest absolute Gasteiger partial charge is 0.394 e. The number of carbonyl (C=O) groups is 1. The average Bonchev–Trinajstić information content (AvgIpc) is 2.78. The third-order valence-corrected chi connectivity index (χ3v) is 5.65. The Balaban J connectivity index is 1.92. The van der Waals surface area contributed by atoms with Gasteiger partial charge in [-0.25, -0.2) is 0 Å². The highest BCUT2D eigenvalue weighted by atomic mass is 16.3. The van der Waals surface area contributed by atoms with Gasteiger partial charge in [0.1, 0.15) is 0 Å². The molecule has 0 bridgehead atoms. The van der Waals surface area contributed by atoms with E-state index in [1.54, 1.807) is 0 Å². The zero-order chi connectivity index (χ0) is 14.9. The first-order valence-corrected chi connectivity index (χ1v) is 8.26. The lowest BCUT2D eigenvalue weighted by Crippen LogP contribution is -2.44. The quantitative estimate of drug-likeness (QED) is 0.845. The zero-order valence-electron chi connectivity index (χ0n) is 13.6. The van der Waals surface area contributed by atoms with E-state index in [0.29, 0.717) is 17.2 Å². The molecule has 1 aliphatic carbocycles. The third kappa shape index (κ3) is 3.19. The Morgan fingerprint density at radius 2 is 1.75 bits per heavy atom. The van der Waals surface area contributed by atoms with Crippen LogP contribution < -0.4 is 0 Å². The van der Waals surface area contributed by atoms with Gasteiger partial charge in [-0.05, 0) is 49.4 Å². The molecule has 0 radical (unpaired) electrons. The van der Waals surface area contributed by atoms with Crippen LogP contribution in [-0.2, 0) is 4.79 Å². The molecule has 2 fully saturated rings. The summed E-state index contributed by atoms with van der Waals surface area (Å²) in [5.41, 5.74) is 0.365. The van der Waals surface area contributed by atoms with Crippen molar-refractivity contribution in [3.63, 3.8) is 0 Å². The number of likely N-dealkylation sites (tertiary alicyclic amines) is 1. The predicted octanol–water partition coefficient (Wildman–Crippen LogP) is 3.07. The van der Waals surface area contributed by atoms with Crippen molar-refractivity contribution in [1.82, 2.24) is 4.90 Å². The Labute approximate surface area is 123 Å². The summed E-state index contributed by atoms with van der Waals surface area (Å²) >= 11 is 0. The number of carbonyl (C=O) groups excluding carboxylic acids is 1. The fourth-order valence-corrected chi connectivity index (χ4v) is 4.00. The van der Waals surface area contributed by atoms with Crippen LogP contribution in [0, 0.1) is 23.2 Å². The van der Waals surface area contributed by atoms with Gasteiger partial charge in [0.15, 0.2) is 0 Å². The highest BCUT2D eigenvalue weighted by Gasteiger charge is 2.39. The van der Waals surface area contributed by atoms with Gasteiger partial charge in [0.2, 0.25) is 5.91 Å². The highest BCUT2D eigenvalue weighted by molar-refractivity contribution is 5.79. The maximum Gasteiger partial charge on any atom is 0.226 e. The molecule has 2 rings (SSSR count). The molecule has 116 valence electrons. The molecule has 2 atom stereocenters. The minimum Gasteiger partial charge on any atom is -0.394 e. The average molecular weight is 281 g/mol. The number of aliphatic hydroxyl groups excluding tert-OH is 1. The van der Waals surface area contributed by atoms with Crippen LogP contribution in [0.4, 0.5) is 0 Å². The first kappa shape index (κ1) is 15.8. The first-order chi connectivity index (χ1) is 9.34. The molecule has 1 saturated carbocycles. The van der Waals surface area contributed by atoms with Gasteiger partial charge < -0.3 is 10.0 Å².